The Morgan fingerprint density at radius 1 is 1.15 bits per heavy atom. The van der Waals surface area contributed by atoms with Gasteiger partial charge in [0.25, 0.3) is 0 Å². The van der Waals surface area contributed by atoms with Crippen LogP contribution in [0.1, 0.15) is 0 Å². The van der Waals surface area contributed by atoms with Gasteiger partial charge in [-0.15, -0.1) is 0 Å². The lowest BCUT2D eigenvalue weighted by Gasteiger charge is -2.06. The number of imidazole rings is 1. The van der Waals surface area contributed by atoms with Crippen LogP contribution in [0.3, 0.4) is 0 Å². The molecule has 2 aromatic heterocycles. The van der Waals surface area contributed by atoms with Gasteiger partial charge in [-0.2, -0.15) is 0 Å². The van der Waals surface area contributed by atoms with Gasteiger partial charge >= 0.3 is 0 Å². The number of anilines is 1. The molecule has 0 amide bonds. The summed E-state index contributed by atoms with van der Waals surface area (Å²) in [7, 11) is 1.85. The van der Waals surface area contributed by atoms with Crippen LogP contribution in [0.5, 0.6) is 0 Å². The average molecular weight is 283 g/mol. The Labute approximate surface area is 120 Å². The van der Waals surface area contributed by atoms with Crippen molar-refractivity contribution < 1.29 is 0 Å². The van der Waals surface area contributed by atoms with Crippen LogP contribution in [0.25, 0.3) is 11.4 Å². The van der Waals surface area contributed by atoms with Crippen LogP contribution in [0.15, 0.2) is 59.0 Å². The van der Waals surface area contributed by atoms with E-state index >= 15 is 0 Å². The van der Waals surface area contributed by atoms with Crippen molar-refractivity contribution >= 4 is 17.6 Å². The maximum Gasteiger partial charge on any atom is 0.171 e. The molecule has 2 heterocycles. The second-order valence-electron chi connectivity index (χ2n) is 4.03. The molecule has 5 nitrogen and oxygen atoms in total. The van der Waals surface area contributed by atoms with Gasteiger partial charge in [0.05, 0.1) is 0 Å². The molecule has 0 saturated heterocycles. The molecule has 6 heteroatoms. The molecule has 0 radical (unpaired) electrons. The lowest BCUT2D eigenvalue weighted by atomic mass is 10.2. The molecule has 3 rings (SSSR count). The summed E-state index contributed by atoms with van der Waals surface area (Å²) in [6.07, 6.45) is 3.52. The number of benzene rings is 1. The molecular formula is C14H13N5S. The van der Waals surface area contributed by atoms with Crippen molar-refractivity contribution in [1.29, 1.82) is 0 Å². The Morgan fingerprint density at radius 2 is 2.00 bits per heavy atom. The first kappa shape index (κ1) is 12.7. The van der Waals surface area contributed by atoms with Crippen molar-refractivity contribution in [2.45, 2.75) is 10.2 Å². The van der Waals surface area contributed by atoms with Crippen LogP contribution in [0, 0.1) is 0 Å². The Kier molecular flexibility index (Phi) is 3.64. The van der Waals surface area contributed by atoms with Gasteiger partial charge in [-0.3, -0.25) is 0 Å². The number of aromatic nitrogens is 4. The second-order valence-corrected chi connectivity index (χ2v) is 5.04. The van der Waals surface area contributed by atoms with Gasteiger partial charge in [0, 0.05) is 31.1 Å². The van der Waals surface area contributed by atoms with Crippen molar-refractivity contribution in [3.63, 3.8) is 0 Å². The van der Waals surface area contributed by atoms with E-state index in [2.05, 4.69) is 25.3 Å². The van der Waals surface area contributed by atoms with Crippen LogP contribution in [0.2, 0.25) is 0 Å². The quantitative estimate of drug-likeness (QED) is 0.720. The van der Waals surface area contributed by atoms with E-state index in [4.69, 9.17) is 0 Å². The minimum Gasteiger partial charge on any atom is -0.373 e. The third-order valence-corrected chi connectivity index (χ3v) is 3.50. The molecule has 0 unspecified atom stereocenters. The van der Waals surface area contributed by atoms with Gasteiger partial charge in [-0.05, 0) is 11.8 Å². The van der Waals surface area contributed by atoms with E-state index in [0.29, 0.717) is 5.82 Å². The maximum atomic E-state index is 4.58. The molecule has 0 aliphatic rings. The zero-order chi connectivity index (χ0) is 13.8. The van der Waals surface area contributed by atoms with Crippen molar-refractivity contribution in [2.24, 2.45) is 0 Å². The van der Waals surface area contributed by atoms with E-state index in [-0.39, 0.29) is 0 Å². The molecule has 0 bridgehead atoms. The molecule has 0 aliphatic heterocycles. The fraction of sp³-hybridized carbons (Fsp3) is 0.0714. The van der Waals surface area contributed by atoms with Gasteiger partial charge < -0.3 is 10.3 Å². The number of nitrogens with one attached hydrogen (secondary N) is 2. The predicted molar refractivity (Wildman–Crippen MR) is 79.7 cm³/mol. The molecule has 0 aliphatic carbocycles. The first-order valence-electron chi connectivity index (χ1n) is 6.14. The first-order chi connectivity index (χ1) is 9.85. The molecule has 0 saturated carbocycles. The van der Waals surface area contributed by atoms with Gasteiger partial charge in [0.2, 0.25) is 0 Å². The smallest absolute Gasteiger partial charge is 0.171 e. The number of nitrogens with zero attached hydrogens (tertiary/aromatic N) is 3. The summed E-state index contributed by atoms with van der Waals surface area (Å²) in [5, 5.41) is 4.72. The van der Waals surface area contributed by atoms with Crippen molar-refractivity contribution in [2.75, 3.05) is 12.4 Å². The monoisotopic (exact) mass is 283 g/mol. The summed E-state index contributed by atoms with van der Waals surface area (Å²) in [5.74, 6) is 1.49. The van der Waals surface area contributed by atoms with Crippen LogP contribution < -0.4 is 5.32 Å². The van der Waals surface area contributed by atoms with Gasteiger partial charge in [-0.25, -0.2) is 15.0 Å². The number of hydrogen-bond acceptors (Lipinski definition) is 5. The summed E-state index contributed by atoms with van der Waals surface area (Å²) < 4.78 is 0. The number of aromatic amines is 1. The standard InChI is InChI=1S/C14H13N5S/c1-15-11-9-12(20-14-16-7-8-17-14)19-13(18-11)10-5-3-2-4-6-10/h2-9H,1H3,(H,16,17)(H,15,18,19). The highest BCUT2D eigenvalue weighted by Crippen LogP contribution is 2.27. The second kappa shape index (κ2) is 5.75. The number of rotatable bonds is 4. The van der Waals surface area contributed by atoms with E-state index in [1.807, 2.05) is 43.4 Å². The van der Waals surface area contributed by atoms with Gasteiger partial charge in [0.15, 0.2) is 11.0 Å². The zero-order valence-electron chi connectivity index (χ0n) is 10.9. The summed E-state index contributed by atoms with van der Waals surface area (Å²) in [6, 6.07) is 11.8. The summed E-state index contributed by atoms with van der Waals surface area (Å²) >= 11 is 1.47. The molecule has 100 valence electrons. The zero-order valence-corrected chi connectivity index (χ0v) is 11.7. The Morgan fingerprint density at radius 3 is 2.70 bits per heavy atom. The minimum atomic E-state index is 0.700. The van der Waals surface area contributed by atoms with E-state index in [9.17, 15) is 0 Å². The summed E-state index contributed by atoms with van der Waals surface area (Å²) in [5.41, 5.74) is 0.992. The van der Waals surface area contributed by atoms with Gasteiger partial charge in [-0.1, -0.05) is 30.3 Å². The highest BCUT2D eigenvalue weighted by molar-refractivity contribution is 7.99. The van der Waals surface area contributed by atoms with Crippen molar-refractivity contribution in [1.82, 2.24) is 19.9 Å². The minimum absolute atomic E-state index is 0.700. The molecule has 2 N–H and O–H groups in total. The lowest BCUT2D eigenvalue weighted by Crippen LogP contribution is -1.98. The van der Waals surface area contributed by atoms with Crippen molar-refractivity contribution in [3.05, 3.63) is 48.8 Å². The van der Waals surface area contributed by atoms with Crippen LogP contribution in [-0.4, -0.2) is 27.0 Å². The SMILES string of the molecule is CNc1cc(Sc2ncc[nH]2)nc(-c2ccccc2)n1. The third-order valence-electron chi connectivity index (χ3n) is 2.67. The first-order valence-corrected chi connectivity index (χ1v) is 6.96. The van der Waals surface area contributed by atoms with Crippen LogP contribution in [-0.2, 0) is 0 Å². The third kappa shape index (κ3) is 2.80. The fourth-order valence-electron chi connectivity index (χ4n) is 1.73. The predicted octanol–water partition coefficient (Wildman–Crippen LogP) is 3.06. The molecule has 3 aromatic rings. The molecular weight excluding hydrogens is 270 g/mol. The van der Waals surface area contributed by atoms with Crippen LogP contribution in [0.4, 0.5) is 5.82 Å². The average Bonchev–Trinajstić information content (AvgIpc) is 3.00. The van der Waals surface area contributed by atoms with Gasteiger partial charge in [0.1, 0.15) is 10.8 Å². The highest BCUT2D eigenvalue weighted by atomic mass is 32.2. The lowest BCUT2D eigenvalue weighted by molar-refractivity contribution is 1.02. The summed E-state index contributed by atoms with van der Waals surface area (Å²) in [6.45, 7) is 0. The molecule has 0 fully saturated rings. The normalized spacial score (nSPS) is 10.4. The maximum absolute atomic E-state index is 4.58. The topological polar surface area (TPSA) is 66.5 Å². The van der Waals surface area contributed by atoms with E-state index in [1.165, 1.54) is 11.8 Å². The molecule has 0 spiro atoms. The van der Waals surface area contributed by atoms with E-state index in [1.54, 1.807) is 12.4 Å². The Bertz CT molecular complexity index is 682. The Hall–Kier alpha value is -2.34. The largest absolute Gasteiger partial charge is 0.373 e. The summed E-state index contributed by atoms with van der Waals surface area (Å²) in [4.78, 5) is 16.3. The van der Waals surface area contributed by atoms with Crippen molar-refractivity contribution in [3.8, 4) is 11.4 Å². The van der Waals surface area contributed by atoms with E-state index < -0.39 is 0 Å². The number of hydrogen-bond donors (Lipinski definition) is 2. The fourth-order valence-corrected chi connectivity index (χ4v) is 2.47. The number of H-pyrrole nitrogens is 1. The van der Waals surface area contributed by atoms with Crippen LogP contribution >= 0.6 is 11.8 Å². The molecule has 1 aromatic carbocycles. The highest BCUT2D eigenvalue weighted by Gasteiger charge is 2.08. The molecule has 20 heavy (non-hydrogen) atoms. The van der Waals surface area contributed by atoms with E-state index in [0.717, 1.165) is 21.6 Å². The Balaban J connectivity index is 1.99. The molecule has 0 atom stereocenters.